The summed E-state index contributed by atoms with van der Waals surface area (Å²) in [5.74, 6) is 6.49. The number of benzene rings is 1. The van der Waals surface area contributed by atoms with Gasteiger partial charge in [-0.1, -0.05) is 19.9 Å². The van der Waals surface area contributed by atoms with Gasteiger partial charge in [0, 0.05) is 11.3 Å². The lowest BCUT2D eigenvalue weighted by Gasteiger charge is -2.16. The summed E-state index contributed by atoms with van der Waals surface area (Å²) >= 11 is 0. The van der Waals surface area contributed by atoms with Crippen LogP contribution in [0.1, 0.15) is 25.3 Å². The van der Waals surface area contributed by atoms with Crippen LogP contribution >= 0.6 is 0 Å². The Bertz CT molecular complexity index is 571. The normalized spacial score (nSPS) is 10.6. The molecule has 0 aliphatic rings. The number of halogens is 1. The number of hydrazine groups is 1. The van der Waals surface area contributed by atoms with Crippen LogP contribution in [0.15, 0.2) is 30.6 Å². The van der Waals surface area contributed by atoms with Crippen molar-refractivity contribution >= 4 is 17.3 Å². The van der Waals surface area contributed by atoms with Crippen LogP contribution in [0.3, 0.4) is 0 Å². The van der Waals surface area contributed by atoms with E-state index in [-0.39, 0.29) is 11.7 Å². The average Bonchev–Trinajstić information content (AvgIpc) is 2.38. The summed E-state index contributed by atoms with van der Waals surface area (Å²) in [6, 6.07) is 6.20. The standard InChI is InChI=1S/C13H16FN5/c1-8(2)11-12(16-7-17-13(11)19-15)18-10-5-3-4-9(14)6-10/h3-8H,15H2,1-2H3,(H2,16,17,18,19). The summed E-state index contributed by atoms with van der Waals surface area (Å²) < 4.78 is 13.2. The molecule has 6 heteroatoms. The molecule has 1 heterocycles. The predicted molar refractivity (Wildman–Crippen MR) is 73.6 cm³/mol. The molecule has 2 aromatic rings. The van der Waals surface area contributed by atoms with E-state index in [2.05, 4.69) is 20.7 Å². The number of nitrogens with two attached hydrogens (primary N) is 1. The smallest absolute Gasteiger partial charge is 0.148 e. The van der Waals surface area contributed by atoms with Crippen LogP contribution in [0.4, 0.5) is 21.7 Å². The van der Waals surface area contributed by atoms with Crippen molar-refractivity contribution in [3.05, 3.63) is 42.0 Å². The summed E-state index contributed by atoms with van der Waals surface area (Å²) in [4.78, 5) is 8.27. The number of rotatable bonds is 4. The zero-order valence-electron chi connectivity index (χ0n) is 10.8. The van der Waals surface area contributed by atoms with E-state index >= 15 is 0 Å². The molecule has 0 bridgehead atoms. The van der Waals surface area contributed by atoms with Crippen molar-refractivity contribution in [2.24, 2.45) is 5.84 Å². The van der Waals surface area contributed by atoms with E-state index < -0.39 is 0 Å². The van der Waals surface area contributed by atoms with Crippen LogP contribution in [-0.2, 0) is 0 Å². The molecule has 0 radical (unpaired) electrons. The van der Waals surface area contributed by atoms with E-state index in [1.54, 1.807) is 12.1 Å². The maximum absolute atomic E-state index is 13.2. The van der Waals surface area contributed by atoms with Crippen molar-refractivity contribution in [2.75, 3.05) is 10.7 Å². The first-order chi connectivity index (χ1) is 9.11. The Morgan fingerprint density at radius 2 is 1.95 bits per heavy atom. The zero-order valence-corrected chi connectivity index (χ0v) is 10.8. The van der Waals surface area contributed by atoms with Gasteiger partial charge in [0.05, 0.1) is 0 Å². The van der Waals surface area contributed by atoms with E-state index in [1.165, 1.54) is 18.5 Å². The second kappa shape index (κ2) is 5.62. The van der Waals surface area contributed by atoms with Crippen molar-refractivity contribution in [3.8, 4) is 0 Å². The number of hydrogen-bond donors (Lipinski definition) is 3. The molecular formula is C13H16FN5. The lowest BCUT2D eigenvalue weighted by molar-refractivity contribution is 0.628. The average molecular weight is 261 g/mol. The quantitative estimate of drug-likeness (QED) is 0.583. The molecule has 0 aliphatic heterocycles. The Kier molecular flexibility index (Phi) is 3.91. The topological polar surface area (TPSA) is 75.9 Å². The third kappa shape index (κ3) is 2.97. The van der Waals surface area contributed by atoms with Gasteiger partial charge >= 0.3 is 0 Å². The number of aromatic nitrogens is 2. The van der Waals surface area contributed by atoms with E-state index in [0.29, 0.717) is 17.3 Å². The van der Waals surface area contributed by atoms with E-state index in [4.69, 9.17) is 5.84 Å². The fourth-order valence-corrected chi connectivity index (χ4v) is 1.86. The molecule has 0 amide bonds. The van der Waals surface area contributed by atoms with Crippen molar-refractivity contribution < 1.29 is 4.39 Å². The van der Waals surface area contributed by atoms with Crippen LogP contribution in [0.2, 0.25) is 0 Å². The summed E-state index contributed by atoms with van der Waals surface area (Å²) in [6.45, 7) is 4.02. The monoisotopic (exact) mass is 261 g/mol. The zero-order chi connectivity index (χ0) is 13.8. The van der Waals surface area contributed by atoms with Gasteiger partial charge in [0.15, 0.2) is 0 Å². The molecule has 0 saturated heterocycles. The van der Waals surface area contributed by atoms with Crippen molar-refractivity contribution in [1.82, 2.24) is 9.97 Å². The van der Waals surface area contributed by atoms with Gasteiger partial charge in [-0.05, 0) is 24.1 Å². The summed E-state index contributed by atoms with van der Waals surface area (Å²) in [5, 5.41) is 3.08. The number of nitrogen functional groups attached to an aromatic ring is 1. The second-order valence-electron chi connectivity index (χ2n) is 4.42. The van der Waals surface area contributed by atoms with Crippen LogP contribution in [0.25, 0.3) is 0 Å². The molecular weight excluding hydrogens is 245 g/mol. The fraction of sp³-hybridized carbons (Fsp3) is 0.231. The van der Waals surface area contributed by atoms with Crippen LogP contribution in [0, 0.1) is 5.82 Å². The van der Waals surface area contributed by atoms with Gasteiger partial charge in [0.2, 0.25) is 0 Å². The second-order valence-corrected chi connectivity index (χ2v) is 4.42. The minimum Gasteiger partial charge on any atom is -0.340 e. The fourth-order valence-electron chi connectivity index (χ4n) is 1.86. The van der Waals surface area contributed by atoms with E-state index in [1.807, 2.05) is 13.8 Å². The molecule has 0 atom stereocenters. The molecule has 4 N–H and O–H groups in total. The molecule has 2 rings (SSSR count). The molecule has 19 heavy (non-hydrogen) atoms. The maximum atomic E-state index is 13.2. The van der Waals surface area contributed by atoms with E-state index in [9.17, 15) is 4.39 Å². The van der Waals surface area contributed by atoms with Crippen molar-refractivity contribution in [3.63, 3.8) is 0 Å². The Morgan fingerprint density at radius 1 is 1.21 bits per heavy atom. The summed E-state index contributed by atoms with van der Waals surface area (Å²) in [7, 11) is 0. The minimum atomic E-state index is -0.303. The van der Waals surface area contributed by atoms with Gasteiger partial charge in [0.1, 0.15) is 23.8 Å². The van der Waals surface area contributed by atoms with Crippen LogP contribution in [0.5, 0.6) is 0 Å². The molecule has 1 aromatic carbocycles. The third-order valence-electron chi connectivity index (χ3n) is 2.69. The number of hydrogen-bond acceptors (Lipinski definition) is 5. The van der Waals surface area contributed by atoms with Crippen molar-refractivity contribution in [2.45, 2.75) is 19.8 Å². The van der Waals surface area contributed by atoms with Gasteiger partial charge in [0.25, 0.3) is 0 Å². The molecule has 1 aromatic heterocycles. The first kappa shape index (κ1) is 13.2. The molecule has 100 valence electrons. The van der Waals surface area contributed by atoms with Gasteiger partial charge in [-0.25, -0.2) is 20.2 Å². The number of nitrogens with one attached hydrogen (secondary N) is 2. The summed E-state index contributed by atoms with van der Waals surface area (Å²) in [5.41, 5.74) is 4.03. The molecule has 0 fully saturated rings. The van der Waals surface area contributed by atoms with Crippen LogP contribution < -0.4 is 16.6 Å². The highest BCUT2D eigenvalue weighted by atomic mass is 19.1. The highest BCUT2D eigenvalue weighted by Crippen LogP contribution is 2.29. The number of anilines is 3. The molecule has 0 saturated carbocycles. The SMILES string of the molecule is CC(C)c1c(NN)ncnc1Nc1cccc(F)c1. The van der Waals surface area contributed by atoms with Crippen molar-refractivity contribution in [1.29, 1.82) is 0 Å². The number of nitrogens with zero attached hydrogens (tertiary/aromatic N) is 2. The Morgan fingerprint density at radius 3 is 2.58 bits per heavy atom. The maximum Gasteiger partial charge on any atom is 0.148 e. The molecule has 0 aliphatic carbocycles. The van der Waals surface area contributed by atoms with Gasteiger partial charge < -0.3 is 10.7 Å². The molecule has 5 nitrogen and oxygen atoms in total. The minimum absolute atomic E-state index is 0.170. The highest BCUT2D eigenvalue weighted by Gasteiger charge is 2.14. The van der Waals surface area contributed by atoms with Crippen LogP contribution in [-0.4, -0.2) is 9.97 Å². The lowest BCUT2D eigenvalue weighted by Crippen LogP contribution is -2.14. The Hall–Kier alpha value is -2.21. The first-order valence-corrected chi connectivity index (χ1v) is 5.96. The predicted octanol–water partition coefficient (Wildman–Crippen LogP) is 2.77. The van der Waals surface area contributed by atoms with Gasteiger partial charge in [-0.3, -0.25) is 0 Å². The third-order valence-corrected chi connectivity index (χ3v) is 2.69. The Labute approximate surface area is 111 Å². The first-order valence-electron chi connectivity index (χ1n) is 5.96. The Balaban J connectivity index is 2.39. The largest absolute Gasteiger partial charge is 0.340 e. The molecule has 0 unspecified atom stereocenters. The molecule has 0 spiro atoms. The lowest BCUT2D eigenvalue weighted by atomic mass is 10.0. The summed E-state index contributed by atoms with van der Waals surface area (Å²) in [6.07, 6.45) is 1.41. The van der Waals surface area contributed by atoms with E-state index in [0.717, 1.165) is 5.56 Å². The van der Waals surface area contributed by atoms with Gasteiger partial charge in [-0.2, -0.15) is 0 Å². The highest BCUT2D eigenvalue weighted by molar-refractivity contribution is 5.65. The van der Waals surface area contributed by atoms with Gasteiger partial charge in [-0.15, -0.1) is 0 Å².